The van der Waals surface area contributed by atoms with Crippen LogP contribution >= 0.6 is 0 Å². The van der Waals surface area contributed by atoms with Gasteiger partial charge in [0.25, 0.3) is 5.91 Å². The minimum atomic E-state index is -0.0923. The van der Waals surface area contributed by atoms with E-state index in [0.717, 1.165) is 29.7 Å². The molecule has 5 nitrogen and oxygen atoms in total. The Bertz CT molecular complexity index is 1010. The highest BCUT2D eigenvalue weighted by Crippen LogP contribution is 2.14. The number of hydrogen-bond acceptors (Lipinski definition) is 2. The van der Waals surface area contributed by atoms with Crippen LogP contribution in [0.5, 0.6) is 0 Å². The molecule has 0 N–H and O–H groups in total. The van der Waals surface area contributed by atoms with Crippen LogP contribution in [0.2, 0.25) is 0 Å². The molecule has 0 saturated carbocycles. The number of carbonyl (C=O) groups excluding carboxylic acids is 2. The summed E-state index contributed by atoms with van der Waals surface area (Å²) in [5.74, 6) is -0.142. The standard InChI is InChI=1S/C27H33N3O2/c1-4-5-18-29(27(32)24-15-13-22(2)14-16-24)21-26(31)30(19-23-10-7-6-8-11-23)20-25-12-9-17-28(25)3/h6-17H,4-5,18-21H2,1-3H3. The summed E-state index contributed by atoms with van der Waals surface area (Å²) < 4.78 is 2.03. The van der Waals surface area contributed by atoms with E-state index >= 15 is 0 Å². The molecule has 0 aliphatic rings. The van der Waals surface area contributed by atoms with Crippen LogP contribution in [-0.4, -0.2) is 39.3 Å². The lowest BCUT2D eigenvalue weighted by atomic mass is 10.1. The molecular weight excluding hydrogens is 398 g/mol. The summed E-state index contributed by atoms with van der Waals surface area (Å²) in [5.41, 5.74) is 3.85. The molecular formula is C27H33N3O2. The van der Waals surface area contributed by atoms with Crippen molar-refractivity contribution < 1.29 is 9.59 Å². The summed E-state index contributed by atoms with van der Waals surface area (Å²) in [4.78, 5) is 30.2. The van der Waals surface area contributed by atoms with Crippen molar-refractivity contribution in [3.8, 4) is 0 Å². The lowest BCUT2D eigenvalue weighted by molar-refractivity contribution is -0.133. The van der Waals surface area contributed by atoms with Crippen molar-refractivity contribution in [1.29, 1.82) is 0 Å². The van der Waals surface area contributed by atoms with Gasteiger partial charge in [0, 0.05) is 37.6 Å². The first-order valence-electron chi connectivity index (χ1n) is 11.3. The highest BCUT2D eigenvalue weighted by atomic mass is 16.2. The Balaban J connectivity index is 1.80. The third kappa shape index (κ3) is 6.33. The largest absolute Gasteiger partial charge is 0.353 e. The molecule has 2 amide bonds. The van der Waals surface area contributed by atoms with Crippen LogP contribution in [-0.2, 0) is 24.9 Å². The highest BCUT2D eigenvalue weighted by molar-refractivity contribution is 5.96. The van der Waals surface area contributed by atoms with E-state index in [4.69, 9.17) is 0 Å². The normalized spacial score (nSPS) is 10.7. The Kier molecular flexibility index (Phi) is 8.26. The number of rotatable bonds is 10. The fraction of sp³-hybridized carbons (Fsp3) is 0.333. The number of hydrogen-bond donors (Lipinski definition) is 0. The number of aryl methyl sites for hydroxylation is 2. The highest BCUT2D eigenvalue weighted by Gasteiger charge is 2.23. The van der Waals surface area contributed by atoms with Crippen molar-refractivity contribution in [2.24, 2.45) is 7.05 Å². The Hall–Kier alpha value is -3.34. The third-order valence-corrected chi connectivity index (χ3v) is 5.67. The molecule has 1 aromatic heterocycles. The molecule has 168 valence electrons. The predicted molar refractivity (Wildman–Crippen MR) is 128 cm³/mol. The lowest BCUT2D eigenvalue weighted by Crippen LogP contribution is -2.43. The number of unbranched alkanes of at least 4 members (excludes halogenated alkanes) is 1. The first-order chi connectivity index (χ1) is 15.5. The van der Waals surface area contributed by atoms with Crippen LogP contribution in [0.15, 0.2) is 72.9 Å². The average Bonchev–Trinajstić information content (AvgIpc) is 3.21. The first-order valence-corrected chi connectivity index (χ1v) is 11.3. The molecule has 0 atom stereocenters. The van der Waals surface area contributed by atoms with Gasteiger partial charge in [-0.3, -0.25) is 9.59 Å². The maximum absolute atomic E-state index is 13.5. The van der Waals surface area contributed by atoms with Gasteiger partial charge in [-0.1, -0.05) is 61.4 Å². The number of carbonyl (C=O) groups is 2. The smallest absolute Gasteiger partial charge is 0.254 e. The summed E-state index contributed by atoms with van der Waals surface area (Å²) in [6, 6.07) is 21.5. The molecule has 32 heavy (non-hydrogen) atoms. The number of benzene rings is 2. The average molecular weight is 432 g/mol. The second-order valence-electron chi connectivity index (χ2n) is 8.29. The lowest BCUT2D eigenvalue weighted by Gasteiger charge is -2.28. The van der Waals surface area contributed by atoms with Crippen LogP contribution < -0.4 is 0 Å². The van der Waals surface area contributed by atoms with Gasteiger partial charge in [0.1, 0.15) is 6.54 Å². The maximum Gasteiger partial charge on any atom is 0.254 e. The van der Waals surface area contributed by atoms with Crippen LogP contribution in [0.1, 0.15) is 46.9 Å². The number of nitrogens with zero attached hydrogens (tertiary/aromatic N) is 3. The Morgan fingerprint density at radius 1 is 0.875 bits per heavy atom. The minimum absolute atomic E-state index is 0.0494. The summed E-state index contributed by atoms with van der Waals surface area (Å²) in [5, 5.41) is 0. The molecule has 0 fully saturated rings. The number of aromatic nitrogens is 1. The van der Waals surface area contributed by atoms with Crippen LogP contribution in [0.4, 0.5) is 0 Å². The van der Waals surface area contributed by atoms with Crippen molar-refractivity contribution >= 4 is 11.8 Å². The zero-order valence-electron chi connectivity index (χ0n) is 19.3. The van der Waals surface area contributed by atoms with Crippen LogP contribution in [0.25, 0.3) is 0 Å². The molecule has 1 heterocycles. The topological polar surface area (TPSA) is 45.6 Å². The zero-order chi connectivity index (χ0) is 22.9. The molecule has 0 aliphatic carbocycles. The van der Waals surface area contributed by atoms with E-state index in [0.29, 0.717) is 25.2 Å². The van der Waals surface area contributed by atoms with Gasteiger partial charge in [0.2, 0.25) is 5.91 Å². The van der Waals surface area contributed by atoms with E-state index in [1.54, 1.807) is 4.90 Å². The third-order valence-electron chi connectivity index (χ3n) is 5.67. The summed E-state index contributed by atoms with van der Waals surface area (Å²) in [6.07, 6.45) is 3.80. The van der Waals surface area contributed by atoms with E-state index in [1.165, 1.54) is 0 Å². The molecule has 5 heteroatoms. The van der Waals surface area contributed by atoms with Crippen molar-refractivity contribution in [3.63, 3.8) is 0 Å². The van der Waals surface area contributed by atoms with Crippen LogP contribution in [0, 0.1) is 6.92 Å². The summed E-state index contributed by atoms with van der Waals surface area (Å²) >= 11 is 0. The zero-order valence-corrected chi connectivity index (χ0v) is 19.3. The SMILES string of the molecule is CCCCN(CC(=O)N(Cc1ccccc1)Cc1cccn1C)C(=O)c1ccc(C)cc1. The number of amides is 2. The van der Waals surface area contributed by atoms with Crippen LogP contribution in [0.3, 0.4) is 0 Å². The quantitative estimate of drug-likeness (QED) is 0.463. The van der Waals surface area contributed by atoms with E-state index in [-0.39, 0.29) is 18.4 Å². The van der Waals surface area contributed by atoms with Crippen molar-refractivity contribution in [2.75, 3.05) is 13.1 Å². The molecule has 0 unspecified atom stereocenters. The molecule has 0 radical (unpaired) electrons. The van der Waals surface area contributed by atoms with Crippen molar-refractivity contribution in [1.82, 2.24) is 14.4 Å². The molecule has 0 aliphatic heterocycles. The maximum atomic E-state index is 13.5. The monoisotopic (exact) mass is 431 g/mol. The second-order valence-corrected chi connectivity index (χ2v) is 8.29. The molecule has 3 rings (SSSR count). The first kappa shape index (κ1) is 23.3. The van der Waals surface area contributed by atoms with E-state index in [9.17, 15) is 9.59 Å². The Morgan fingerprint density at radius 2 is 1.59 bits per heavy atom. The van der Waals surface area contributed by atoms with Gasteiger partial charge in [-0.2, -0.15) is 0 Å². The van der Waals surface area contributed by atoms with Crippen molar-refractivity contribution in [2.45, 2.75) is 39.8 Å². The molecule has 0 spiro atoms. The molecule has 0 saturated heterocycles. The molecule has 2 aromatic carbocycles. The van der Waals surface area contributed by atoms with Crippen molar-refractivity contribution in [3.05, 3.63) is 95.3 Å². The predicted octanol–water partition coefficient (Wildman–Crippen LogP) is 4.80. The van der Waals surface area contributed by atoms with E-state index in [2.05, 4.69) is 6.92 Å². The van der Waals surface area contributed by atoms with Gasteiger partial charge in [0.05, 0.1) is 6.54 Å². The molecule has 0 bridgehead atoms. The van der Waals surface area contributed by atoms with E-state index in [1.807, 2.05) is 96.4 Å². The van der Waals surface area contributed by atoms with Gasteiger partial charge in [0.15, 0.2) is 0 Å². The van der Waals surface area contributed by atoms with Gasteiger partial charge in [-0.15, -0.1) is 0 Å². The van der Waals surface area contributed by atoms with E-state index < -0.39 is 0 Å². The fourth-order valence-corrected chi connectivity index (χ4v) is 3.64. The van der Waals surface area contributed by atoms with Gasteiger partial charge in [-0.05, 0) is 43.2 Å². The van der Waals surface area contributed by atoms with Gasteiger partial charge in [-0.25, -0.2) is 0 Å². The summed E-state index contributed by atoms with van der Waals surface area (Å²) in [6.45, 7) is 5.73. The minimum Gasteiger partial charge on any atom is -0.353 e. The second kappa shape index (κ2) is 11.3. The van der Waals surface area contributed by atoms with Gasteiger partial charge < -0.3 is 14.4 Å². The fourth-order valence-electron chi connectivity index (χ4n) is 3.64. The molecule has 3 aromatic rings. The summed E-state index contributed by atoms with van der Waals surface area (Å²) in [7, 11) is 1.98. The Labute approximate surface area is 191 Å². The van der Waals surface area contributed by atoms with Gasteiger partial charge >= 0.3 is 0 Å². The Morgan fingerprint density at radius 3 is 2.22 bits per heavy atom.